The van der Waals surface area contributed by atoms with Gasteiger partial charge < -0.3 is 5.73 Å². The lowest BCUT2D eigenvalue weighted by Gasteiger charge is -2.05. The Balaban J connectivity index is 2.03. The smallest absolute Gasteiger partial charge is 0.0343 e. The average Bonchev–Trinajstić information content (AvgIpc) is 2.32. The van der Waals surface area contributed by atoms with Crippen LogP contribution in [0.15, 0.2) is 42.7 Å². The summed E-state index contributed by atoms with van der Waals surface area (Å²) >= 11 is 0. The van der Waals surface area contributed by atoms with Crippen molar-refractivity contribution in [2.75, 3.05) is 5.73 Å². The Morgan fingerprint density at radius 3 is 2.38 bits per heavy atom. The maximum atomic E-state index is 5.79. The molecule has 0 bridgehead atoms. The van der Waals surface area contributed by atoms with E-state index in [1.54, 1.807) is 0 Å². The fourth-order valence-electron chi connectivity index (χ4n) is 1.73. The molecule has 0 aliphatic heterocycles. The van der Waals surface area contributed by atoms with Crippen molar-refractivity contribution >= 4 is 5.69 Å². The summed E-state index contributed by atoms with van der Waals surface area (Å²) in [5.41, 5.74) is 10.5. The van der Waals surface area contributed by atoms with Gasteiger partial charge in [-0.25, -0.2) is 0 Å². The highest BCUT2D eigenvalue weighted by Gasteiger charge is 1.98. The molecule has 0 amide bonds. The first-order chi connectivity index (χ1) is 7.75. The topological polar surface area (TPSA) is 38.9 Å². The van der Waals surface area contributed by atoms with Crippen molar-refractivity contribution in [1.29, 1.82) is 0 Å². The number of hydrogen-bond donors (Lipinski definition) is 1. The Morgan fingerprint density at radius 1 is 1.00 bits per heavy atom. The Kier molecular flexibility index (Phi) is 3.20. The number of nitrogens with two attached hydrogens (primary N) is 1. The number of anilines is 1. The first-order valence-corrected chi connectivity index (χ1v) is 5.49. The summed E-state index contributed by atoms with van der Waals surface area (Å²) in [7, 11) is 0. The van der Waals surface area contributed by atoms with Gasteiger partial charge in [0.25, 0.3) is 0 Å². The zero-order valence-corrected chi connectivity index (χ0v) is 9.48. The van der Waals surface area contributed by atoms with E-state index in [0.717, 1.165) is 24.1 Å². The number of aromatic nitrogens is 1. The van der Waals surface area contributed by atoms with Crippen molar-refractivity contribution in [2.45, 2.75) is 19.8 Å². The standard InChI is InChI=1S/C14H16N2/c1-11-10-13(4-5-14(11)15)3-2-12-6-8-16-9-7-12/h4-10H,2-3,15H2,1H3. The van der Waals surface area contributed by atoms with Crippen LogP contribution in [0.1, 0.15) is 16.7 Å². The predicted octanol–water partition coefficient (Wildman–Crippen LogP) is 2.76. The molecular formula is C14H16N2. The highest BCUT2D eigenvalue weighted by Crippen LogP contribution is 2.14. The first-order valence-electron chi connectivity index (χ1n) is 5.49. The number of rotatable bonds is 3. The van der Waals surface area contributed by atoms with Gasteiger partial charge in [0.2, 0.25) is 0 Å². The van der Waals surface area contributed by atoms with Crippen LogP contribution in [0.3, 0.4) is 0 Å². The van der Waals surface area contributed by atoms with Gasteiger partial charge in [-0.1, -0.05) is 12.1 Å². The van der Waals surface area contributed by atoms with Crippen molar-refractivity contribution in [3.8, 4) is 0 Å². The van der Waals surface area contributed by atoms with Crippen molar-refractivity contribution in [3.63, 3.8) is 0 Å². The predicted molar refractivity (Wildman–Crippen MR) is 67.2 cm³/mol. The molecule has 1 heterocycles. The van der Waals surface area contributed by atoms with Crippen molar-refractivity contribution in [1.82, 2.24) is 4.98 Å². The number of pyridine rings is 1. The molecule has 1 aromatic carbocycles. The minimum absolute atomic E-state index is 0.868. The normalized spacial score (nSPS) is 10.3. The third-order valence-corrected chi connectivity index (χ3v) is 2.79. The summed E-state index contributed by atoms with van der Waals surface area (Å²) in [4.78, 5) is 4.01. The molecule has 0 aliphatic carbocycles. The van der Waals surface area contributed by atoms with Crippen molar-refractivity contribution in [3.05, 3.63) is 59.4 Å². The Bertz CT molecular complexity index is 463. The van der Waals surface area contributed by atoms with Crippen LogP contribution in [0.4, 0.5) is 5.69 Å². The minimum Gasteiger partial charge on any atom is -0.399 e. The monoisotopic (exact) mass is 212 g/mol. The van der Waals surface area contributed by atoms with E-state index in [1.807, 2.05) is 25.4 Å². The number of nitrogens with zero attached hydrogens (tertiary/aromatic N) is 1. The van der Waals surface area contributed by atoms with Crippen LogP contribution < -0.4 is 5.73 Å². The molecule has 0 spiro atoms. The van der Waals surface area contributed by atoms with E-state index in [-0.39, 0.29) is 0 Å². The summed E-state index contributed by atoms with van der Waals surface area (Å²) in [6.45, 7) is 2.05. The van der Waals surface area contributed by atoms with E-state index in [2.05, 4.69) is 29.2 Å². The van der Waals surface area contributed by atoms with E-state index >= 15 is 0 Å². The SMILES string of the molecule is Cc1cc(CCc2ccncc2)ccc1N. The molecule has 82 valence electrons. The average molecular weight is 212 g/mol. The largest absolute Gasteiger partial charge is 0.399 e. The number of hydrogen-bond acceptors (Lipinski definition) is 2. The quantitative estimate of drug-likeness (QED) is 0.794. The molecule has 0 saturated heterocycles. The first kappa shape index (κ1) is 10.7. The molecule has 0 atom stereocenters. The number of aryl methyl sites for hydroxylation is 3. The summed E-state index contributed by atoms with van der Waals surface area (Å²) < 4.78 is 0. The molecular weight excluding hydrogens is 196 g/mol. The van der Waals surface area contributed by atoms with Gasteiger partial charge in [-0.3, -0.25) is 4.98 Å². The van der Waals surface area contributed by atoms with Gasteiger partial charge in [-0.05, 0) is 54.7 Å². The molecule has 2 heteroatoms. The highest BCUT2D eigenvalue weighted by molar-refractivity contribution is 5.47. The molecule has 2 N–H and O–H groups in total. The second-order valence-electron chi connectivity index (χ2n) is 4.05. The van der Waals surface area contributed by atoms with E-state index < -0.39 is 0 Å². The number of benzene rings is 1. The Morgan fingerprint density at radius 2 is 1.69 bits per heavy atom. The van der Waals surface area contributed by atoms with Crippen LogP contribution in [0.25, 0.3) is 0 Å². The van der Waals surface area contributed by atoms with Crippen LogP contribution in [-0.2, 0) is 12.8 Å². The van der Waals surface area contributed by atoms with E-state index in [0.29, 0.717) is 0 Å². The van der Waals surface area contributed by atoms with Gasteiger partial charge in [0.15, 0.2) is 0 Å². The van der Waals surface area contributed by atoms with Crippen LogP contribution in [0, 0.1) is 6.92 Å². The van der Waals surface area contributed by atoms with E-state index in [1.165, 1.54) is 11.1 Å². The fraction of sp³-hybridized carbons (Fsp3) is 0.214. The molecule has 2 aromatic rings. The summed E-state index contributed by atoms with van der Waals surface area (Å²) in [5, 5.41) is 0. The second kappa shape index (κ2) is 4.79. The molecule has 2 nitrogen and oxygen atoms in total. The van der Waals surface area contributed by atoms with Crippen LogP contribution in [0.5, 0.6) is 0 Å². The van der Waals surface area contributed by atoms with Crippen molar-refractivity contribution < 1.29 is 0 Å². The highest BCUT2D eigenvalue weighted by atomic mass is 14.6. The molecule has 2 rings (SSSR count). The van der Waals surface area contributed by atoms with Gasteiger partial charge in [0, 0.05) is 18.1 Å². The molecule has 16 heavy (non-hydrogen) atoms. The Labute approximate surface area is 96.1 Å². The van der Waals surface area contributed by atoms with Gasteiger partial charge in [0.05, 0.1) is 0 Å². The van der Waals surface area contributed by atoms with Crippen LogP contribution in [0.2, 0.25) is 0 Å². The summed E-state index contributed by atoms with van der Waals surface area (Å²) in [6.07, 6.45) is 5.77. The third kappa shape index (κ3) is 2.60. The fourth-order valence-corrected chi connectivity index (χ4v) is 1.73. The summed E-state index contributed by atoms with van der Waals surface area (Å²) in [6, 6.07) is 10.4. The maximum Gasteiger partial charge on any atom is 0.0343 e. The molecule has 0 unspecified atom stereocenters. The Hall–Kier alpha value is -1.83. The van der Waals surface area contributed by atoms with Gasteiger partial charge >= 0.3 is 0 Å². The van der Waals surface area contributed by atoms with Gasteiger partial charge in [-0.15, -0.1) is 0 Å². The van der Waals surface area contributed by atoms with Crippen LogP contribution >= 0.6 is 0 Å². The summed E-state index contributed by atoms with van der Waals surface area (Å²) in [5.74, 6) is 0. The maximum absolute atomic E-state index is 5.79. The number of nitrogen functional groups attached to an aromatic ring is 1. The molecule has 0 saturated carbocycles. The molecule has 0 aliphatic rings. The lowest BCUT2D eigenvalue weighted by molar-refractivity contribution is 0.954. The molecule has 0 fully saturated rings. The van der Waals surface area contributed by atoms with Gasteiger partial charge in [-0.2, -0.15) is 0 Å². The molecule has 0 radical (unpaired) electrons. The zero-order valence-electron chi connectivity index (χ0n) is 9.48. The third-order valence-electron chi connectivity index (χ3n) is 2.79. The van der Waals surface area contributed by atoms with E-state index in [4.69, 9.17) is 5.73 Å². The van der Waals surface area contributed by atoms with Gasteiger partial charge in [0.1, 0.15) is 0 Å². The van der Waals surface area contributed by atoms with E-state index in [9.17, 15) is 0 Å². The minimum atomic E-state index is 0.868. The zero-order chi connectivity index (χ0) is 11.4. The lowest BCUT2D eigenvalue weighted by atomic mass is 10.0. The second-order valence-corrected chi connectivity index (χ2v) is 4.05. The van der Waals surface area contributed by atoms with Crippen molar-refractivity contribution in [2.24, 2.45) is 0 Å². The lowest BCUT2D eigenvalue weighted by Crippen LogP contribution is -1.94. The molecule has 1 aromatic heterocycles. The van der Waals surface area contributed by atoms with Crippen LogP contribution in [-0.4, -0.2) is 4.98 Å².